The van der Waals surface area contributed by atoms with Gasteiger partial charge in [0, 0.05) is 32.2 Å². The minimum atomic E-state index is -0.418. The summed E-state index contributed by atoms with van der Waals surface area (Å²) >= 11 is 0. The number of aromatic nitrogens is 2. The fraction of sp³-hybridized carbons (Fsp3) is 0.333. The van der Waals surface area contributed by atoms with Crippen molar-refractivity contribution in [1.29, 1.82) is 0 Å². The lowest BCUT2D eigenvalue weighted by molar-refractivity contribution is 0.0566. The number of halogens is 1. The van der Waals surface area contributed by atoms with Crippen molar-refractivity contribution in [2.45, 2.75) is 6.92 Å². The summed E-state index contributed by atoms with van der Waals surface area (Å²) in [5, 5.41) is 2.84. The molecule has 0 bridgehead atoms. The van der Waals surface area contributed by atoms with Crippen LogP contribution in [0.2, 0.25) is 0 Å². The lowest BCUT2D eigenvalue weighted by Gasteiger charge is -2.33. The number of rotatable bonds is 4. The van der Waals surface area contributed by atoms with E-state index in [0.717, 1.165) is 0 Å². The molecule has 8 nitrogen and oxygen atoms in total. The van der Waals surface area contributed by atoms with Crippen molar-refractivity contribution >= 4 is 23.5 Å². The standard InChI is InChI=1S/C18H20FN5O3/c1-2-27-18(26)24-9-7-23(8-10-24)17(25)15-11-16(21-12-20-15)22-14-6-4-3-5-13(14)19/h3-6,11-12H,2,7-10H2,1H3,(H,20,21,22). The number of para-hydroxylation sites is 1. The maximum Gasteiger partial charge on any atom is 0.409 e. The highest BCUT2D eigenvalue weighted by Crippen LogP contribution is 2.18. The van der Waals surface area contributed by atoms with Gasteiger partial charge in [-0.25, -0.2) is 19.2 Å². The largest absolute Gasteiger partial charge is 0.450 e. The van der Waals surface area contributed by atoms with E-state index in [0.29, 0.717) is 38.6 Å². The van der Waals surface area contributed by atoms with E-state index in [9.17, 15) is 14.0 Å². The highest BCUT2D eigenvalue weighted by atomic mass is 19.1. The molecule has 3 rings (SSSR count). The van der Waals surface area contributed by atoms with Crippen LogP contribution in [0.1, 0.15) is 17.4 Å². The van der Waals surface area contributed by atoms with Crippen LogP contribution in [0.3, 0.4) is 0 Å². The molecule has 1 aliphatic heterocycles. The summed E-state index contributed by atoms with van der Waals surface area (Å²) in [6.07, 6.45) is 0.883. The highest BCUT2D eigenvalue weighted by Gasteiger charge is 2.26. The molecule has 9 heteroatoms. The van der Waals surface area contributed by atoms with Crippen LogP contribution in [-0.2, 0) is 4.74 Å². The van der Waals surface area contributed by atoms with Crippen molar-refractivity contribution in [3.8, 4) is 0 Å². The SMILES string of the molecule is CCOC(=O)N1CCN(C(=O)c2cc(Nc3ccccc3F)ncn2)CC1. The van der Waals surface area contributed by atoms with Crippen molar-refractivity contribution in [1.82, 2.24) is 19.8 Å². The molecule has 0 radical (unpaired) electrons. The predicted molar refractivity (Wildman–Crippen MR) is 96.2 cm³/mol. The fourth-order valence-electron chi connectivity index (χ4n) is 2.71. The first kappa shape index (κ1) is 18.6. The van der Waals surface area contributed by atoms with Gasteiger partial charge in [0.1, 0.15) is 23.7 Å². The van der Waals surface area contributed by atoms with Crippen LogP contribution >= 0.6 is 0 Å². The van der Waals surface area contributed by atoms with Crippen molar-refractivity contribution in [2.75, 3.05) is 38.1 Å². The molecule has 1 aromatic heterocycles. The third kappa shape index (κ3) is 4.49. The van der Waals surface area contributed by atoms with Gasteiger partial charge >= 0.3 is 6.09 Å². The van der Waals surface area contributed by atoms with Gasteiger partial charge in [-0.3, -0.25) is 4.79 Å². The van der Waals surface area contributed by atoms with Gasteiger partial charge in [0.05, 0.1) is 12.3 Å². The molecule has 1 aromatic carbocycles. The first-order valence-electron chi connectivity index (χ1n) is 8.63. The summed E-state index contributed by atoms with van der Waals surface area (Å²) in [5.41, 5.74) is 0.464. The molecule has 1 saturated heterocycles. The van der Waals surface area contributed by atoms with Crippen LogP contribution in [0.4, 0.5) is 20.7 Å². The summed E-state index contributed by atoms with van der Waals surface area (Å²) in [4.78, 5) is 35.6. The average molecular weight is 373 g/mol. The Labute approximate surface area is 156 Å². The van der Waals surface area contributed by atoms with E-state index in [-0.39, 0.29) is 23.4 Å². The van der Waals surface area contributed by atoms with E-state index < -0.39 is 5.82 Å². The van der Waals surface area contributed by atoms with E-state index in [1.807, 2.05) is 0 Å². The maximum atomic E-state index is 13.8. The summed E-state index contributed by atoms with van der Waals surface area (Å²) in [6.45, 7) is 3.64. The fourth-order valence-corrected chi connectivity index (χ4v) is 2.71. The second-order valence-electron chi connectivity index (χ2n) is 5.87. The zero-order valence-corrected chi connectivity index (χ0v) is 14.9. The normalized spacial score (nSPS) is 14.0. The van der Waals surface area contributed by atoms with Crippen molar-refractivity contribution in [2.24, 2.45) is 0 Å². The summed E-state index contributed by atoms with van der Waals surface area (Å²) in [5.74, 6) is -0.361. The van der Waals surface area contributed by atoms with Crippen LogP contribution in [0, 0.1) is 5.82 Å². The summed E-state index contributed by atoms with van der Waals surface area (Å²) in [7, 11) is 0. The molecule has 0 spiro atoms. The van der Waals surface area contributed by atoms with Crippen molar-refractivity contribution in [3.05, 3.63) is 48.2 Å². The lowest BCUT2D eigenvalue weighted by atomic mass is 10.2. The molecule has 0 unspecified atom stereocenters. The number of carbonyl (C=O) groups excluding carboxylic acids is 2. The van der Waals surface area contributed by atoms with Crippen LogP contribution in [-0.4, -0.2) is 64.6 Å². The van der Waals surface area contributed by atoms with E-state index in [1.54, 1.807) is 34.9 Å². The number of hydrogen-bond donors (Lipinski definition) is 1. The molecule has 27 heavy (non-hydrogen) atoms. The third-order valence-corrected chi connectivity index (χ3v) is 4.12. The van der Waals surface area contributed by atoms with E-state index in [2.05, 4.69) is 15.3 Å². The number of nitrogens with one attached hydrogen (secondary N) is 1. The minimum absolute atomic E-state index is 0.202. The second-order valence-corrected chi connectivity index (χ2v) is 5.87. The number of amides is 2. The molecule has 1 N–H and O–H groups in total. The van der Waals surface area contributed by atoms with Gasteiger partial charge in [-0.1, -0.05) is 12.1 Å². The number of carbonyl (C=O) groups is 2. The Morgan fingerprint density at radius 1 is 1.15 bits per heavy atom. The number of nitrogens with zero attached hydrogens (tertiary/aromatic N) is 4. The topological polar surface area (TPSA) is 87.7 Å². The molecule has 0 aliphatic carbocycles. The van der Waals surface area contributed by atoms with Gasteiger partial charge in [0.25, 0.3) is 5.91 Å². The van der Waals surface area contributed by atoms with Crippen LogP contribution in [0.5, 0.6) is 0 Å². The Balaban J connectivity index is 1.64. The number of benzene rings is 1. The number of hydrogen-bond acceptors (Lipinski definition) is 6. The molecule has 1 fully saturated rings. The molecule has 0 atom stereocenters. The van der Waals surface area contributed by atoms with Gasteiger partial charge in [-0.15, -0.1) is 0 Å². The molecule has 0 saturated carbocycles. The molecule has 2 amide bonds. The molecule has 2 heterocycles. The van der Waals surface area contributed by atoms with Crippen molar-refractivity contribution < 1.29 is 18.7 Å². The summed E-state index contributed by atoms with van der Waals surface area (Å²) in [6, 6.07) is 7.67. The van der Waals surface area contributed by atoms with E-state index >= 15 is 0 Å². The smallest absolute Gasteiger partial charge is 0.409 e. The van der Waals surface area contributed by atoms with E-state index in [1.165, 1.54) is 18.5 Å². The Morgan fingerprint density at radius 2 is 1.85 bits per heavy atom. The molecular formula is C18H20FN5O3. The number of ether oxygens (including phenoxy) is 1. The van der Waals surface area contributed by atoms with Gasteiger partial charge in [-0.2, -0.15) is 0 Å². The monoisotopic (exact) mass is 373 g/mol. The third-order valence-electron chi connectivity index (χ3n) is 4.12. The minimum Gasteiger partial charge on any atom is -0.450 e. The predicted octanol–water partition coefficient (Wildman–Crippen LogP) is 2.27. The van der Waals surface area contributed by atoms with Gasteiger partial charge in [0.2, 0.25) is 0 Å². The number of anilines is 2. The zero-order valence-electron chi connectivity index (χ0n) is 14.9. The highest BCUT2D eigenvalue weighted by molar-refractivity contribution is 5.93. The van der Waals surface area contributed by atoms with Crippen LogP contribution < -0.4 is 5.32 Å². The molecular weight excluding hydrogens is 353 g/mol. The van der Waals surface area contributed by atoms with Crippen molar-refractivity contribution in [3.63, 3.8) is 0 Å². The number of piperazine rings is 1. The molecule has 142 valence electrons. The van der Waals surface area contributed by atoms with Gasteiger partial charge < -0.3 is 19.9 Å². The first-order valence-corrected chi connectivity index (χ1v) is 8.63. The Bertz CT molecular complexity index is 824. The van der Waals surface area contributed by atoms with Crippen LogP contribution in [0.15, 0.2) is 36.7 Å². The maximum absolute atomic E-state index is 13.8. The Kier molecular flexibility index (Phi) is 5.80. The second kappa shape index (κ2) is 8.43. The zero-order chi connectivity index (χ0) is 19.2. The molecule has 1 aliphatic rings. The summed E-state index contributed by atoms with van der Waals surface area (Å²) < 4.78 is 18.7. The molecule has 2 aromatic rings. The lowest BCUT2D eigenvalue weighted by Crippen LogP contribution is -2.50. The van der Waals surface area contributed by atoms with Crippen LogP contribution in [0.25, 0.3) is 0 Å². The van der Waals surface area contributed by atoms with E-state index in [4.69, 9.17) is 4.74 Å². The average Bonchev–Trinajstić information content (AvgIpc) is 2.70. The Hall–Kier alpha value is -3.23. The van der Waals surface area contributed by atoms with Gasteiger partial charge in [-0.05, 0) is 19.1 Å². The first-order chi connectivity index (χ1) is 13.1. The quantitative estimate of drug-likeness (QED) is 0.885. The van der Waals surface area contributed by atoms with Gasteiger partial charge in [0.15, 0.2) is 0 Å². The Morgan fingerprint density at radius 3 is 2.56 bits per heavy atom.